The Kier molecular flexibility index (Phi) is 4.21. The average Bonchev–Trinajstić information content (AvgIpc) is 3.08. The zero-order valence-corrected chi connectivity index (χ0v) is 12.5. The normalized spacial score (nSPS) is 14.3. The second-order valence-electron chi connectivity index (χ2n) is 5.22. The summed E-state index contributed by atoms with van der Waals surface area (Å²) in [5.74, 6) is -7.43. The first-order valence-corrected chi connectivity index (χ1v) is 7.00. The van der Waals surface area contributed by atoms with Crippen molar-refractivity contribution in [1.29, 1.82) is 0 Å². The van der Waals surface area contributed by atoms with Crippen LogP contribution in [0, 0.1) is 11.6 Å². The third-order valence-corrected chi connectivity index (χ3v) is 3.60. The van der Waals surface area contributed by atoms with E-state index in [9.17, 15) is 13.9 Å². The number of rotatable bonds is 5. The van der Waals surface area contributed by atoms with Gasteiger partial charge in [-0.05, 0) is 18.2 Å². The van der Waals surface area contributed by atoms with Crippen molar-refractivity contribution < 1.29 is 22.7 Å². The van der Waals surface area contributed by atoms with Crippen molar-refractivity contribution in [3.8, 4) is 0 Å². The van der Waals surface area contributed by atoms with Crippen molar-refractivity contribution in [1.82, 2.24) is 24.7 Å². The largest absolute Gasteiger partial charge is 0.377 e. The summed E-state index contributed by atoms with van der Waals surface area (Å²) in [4.78, 5) is 10.5. The van der Waals surface area contributed by atoms with Gasteiger partial charge in [0, 0.05) is 24.0 Å². The van der Waals surface area contributed by atoms with E-state index in [-0.39, 0.29) is 0 Å². The van der Waals surface area contributed by atoms with Gasteiger partial charge in [-0.15, -0.1) is 0 Å². The molecular weight excluding hydrogens is 342 g/mol. The summed E-state index contributed by atoms with van der Waals surface area (Å²) in [6.07, 6.45) is 4.27. The van der Waals surface area contributed by atoms with Gasteiger partial charge in [-0.3, -0.25) is 0 Å². The first-order valence-electron chi connectivity index (χ1n) is 7.00. The predicted molar refractivity (Wildman–Crippen MR) is 76.2 cm³/mol. The Balaban J connectivity index is 2.18. The Hall–Kier alpha value is -2.88. The number of hydrogen-bond donors (Lipinski definition) is 1. The number of alkyl halides is 2. The molecule has 0 aliphatic heterocycles. The van der Waals surface area contributed by atoms with Crippen molar-refractivity contribution in [2.75, 3.05) is 0 Å². The zero-order chi connectivity index (χ0) is 18.1. The maximum atomic E-state index is 15.1. The molecule has 6 nitrogen and oxygen atoms in total. The summed E-state index contributed by atoms with van der Waals surface area (Å²) in [6.45, 7) is -0.860. The fourth-order valence-electron chi connectivity index (χ4n) is 2.37. The molecule has 0 fully saturated rings. The minimum atomic E-state index is -4.11. The Morgan fingerprint density at radius 3 is 2.44 bits per heavy atom. The van der Waals surface area contributed by atoms with E-state index in [0.29, 0.717) is 6.07 Å². The molecule has 1 aromatic carbocycles. The molecule has 130 valence electrons. The lowest BCUT2D eigenvalue weighted by molar-refractivity contribution is -0.210. The van der Waals surface area contributed by atoms with E-state index >= 15 is 8.78 Å². The van der Waals surface area contributed by atoms with Crippen LogP contribution in [0.15, 0.2) is 49.3 Å². The van der Waals surface area contributed by atoms with Crippen LogP contribution in [0.5, 0.6) is 0 Å². The topological polar surface area (TPSA) is 76.7 Å². The zero-order valence-electron chi connectivity index (χ0n) is 12.5. The average molecular weight is 353 g/mol. The number of nitrogens with zero attached hydrogens (tertiary/aromatic N) is 5. The Morgan fingerprint density at radius 1 is 1.12 bits per heavy atom. The molecule has 0 saturated carbocycles. The summed E-state index contributed by atoms with van der Waals surface area (Å²) in [6, 6.07) is 3.24. The second-order valence-corrected chi connectivity index (χ2v) is 5.22. The van der Waals surface area contributed by atoms with E-state index in [4.69, 9.17) is 0 Å². The minimum Gasteiger partial charge on any atom is -0.377 e. The maximum absolute atomic E-state index is 15.1. The lowest BCUT2D eigenvalue weighted by Gasteiger charge is -2.35. The van der Waals surface area contributed by atoms with Crippen LogP contribution >= 0.6 is 0 Å². The quantitative estimate of drug-likeness (QED) is 0.710. The van der Waals surface area contributed by atoms with E-state index in [2.05, 4.69) is 20.1 Å². The van der Waals surface area contributed by atoms with Crippen LogP contribution in [0.2, 0.25) is 0 Å². The Labute approximate surface area is 138 Å². The highest BCUT2D eigenvalue weighted by molar-refractivity contribution is 5.29. The van der Waals surface area contributed by atoms with Crippen LogP contribution in [-0.4, -0.2) is 29.8 Å². The van der Waals surface area contributed by atoms with Crippen molar-refractivity contribution in [3.63, 3.8) is 0 Å². The molecule has 1 N–H and O–H groups in total. The molecule has 0 aliphatic rings. The van der Waals surface area contributed by atoms with Gasteiger partial charge in [0.15, 0.2) is 5.60 Å². The van der Waals surface area contributed by atoms with Gasteiger partial charge in [-0.25, -0.2) is 28.4 Å². The number of aliphatic hydroxyl groups is 1. The maximum Gasteiger partial charge on any atom is 0.340 e. The van der Waals surface area contributed by atoms with E-state index in [1.165, 1.54) is 6.07 Å². The van der Waals surface area contributed by atoms with E-state index in [1.807, 2.05) is 0 Å². The van der Waals surface area contributed by atoms with Crippen LogP contribution in [0.4, 0.5) is 17.6 Å². The highest BCUT2D eigenvalue weighted by Crippen LogP contribution is 2.45. The van der Waals surface area contributed by atoms with Crippen molar-refractivity contribution in [3.05, 3.63) is 72.3 Å². The molecular formula is C15H11F4N5O. The van der Waals surface area contributed by atoms with Gasteiger partial charge in [-0.1, -0.05) is 0 Å². The molecule has 0 aliphatic carbocycles. The van der Waals surface area contributed by atoms with Crippen molar-refractivity contribution in [2.24, 2.45) is 0 Å². The van der Waals surface area contributed by atoms with Gasteiger partial charge in [-0.2, -0.15) is 13.9 Å². The van der Waals surface area contributed by atoms with Gasteiger partial charge < -0.3 is 5.11 Å². The molecule has 0 bridgehead atoms. The highest BCUT2D eigenvalue weighted by atomic mass is 19.3. The number of hydrogen-bond acceptors (Lipinski definition) is 5. The predicted octanol–water partition coefficient (Wildman–Crippen LogP) is 2.03. The third-order valence-electron chi connectivity index (χ3n) is 3.60. The molecule has 0 radical (unpaired) electrons. The summed E-state index contributed by atoms with van der Waals surface area (Å²) in [5.41, 5.74) is -3.96. The molecule has 0 saturated heterocycles. The van der Waals surface area contributed by atoms with Gasteiger partial charge in [0.1, 0.15) is 24.3 Å². The molecule has 0 spiro atoms. The highest BCUT2D eigenvalue weighted by Gasteiger charge is 2.58. The van der Waals surface area contributed by atoms with Gasteiger partial charge in [0.2, 0.25) is 5.82 Å². The summed E-state index contributed by atoms with van der Waals surface area (Å²) < 4.78 is 58.4. The van der Waals surface area contributed by atoms with Crippen LogP contribution in [-0.2, 0) is 18.1 Å². The van der Waals surface area contributed by atoms with Gasteiger partial charge in [0.25, 0.3) is 0 Å². The lowest BCUT2D eigenvalue weighted by atomic mass is 9.86. The first kappa shape index (κ1) is 17.0. The second kappa shape index (κ2) is 6.20. The van der Waals surface area contributed by atoms with Gasteiger partial charge >= 0.3 is 5.92 Å². The molecule has 25 heavy (non-hydrogen) atoms. The van der Waals surface area contributed by atoms with Crippen LogP contribution < -0.4 is 0 Å². The SMILES string of the molecule is OC(Cn1cncn1)(c1ccc(F)cc1F)C(F)(F)c1ncccn1. The summed E-state index contributed by atoms with van der Waals surface area (Å²) >= 11 is 0. The molecule has 3 rings (SSSR count). The number of aromatic nitrogens is 5. The molecule has 2 aromatic heterocycles. The fraction of sp³-hybridized carbons (Fsp3) is 0.200. The van der Waals surface area contributed by atoms with Crippen LogP contribution in [0.1, 0.15) is 11.4 Å². The van der Waals surface area contributed by atoms with E-state index < -0.39 is 41.1 Å². The molecule has 2 heterocycles. The van der Waals surface area contributed by atoms with E-state index in [0.717, 1.165) is 41.9 Å². The third kappa shape index (κ3) is 2.95. The standard InChI is InChI=1S/C15H11F4N5O/c16-10-2-3-11(12(17)6-10)14(25,7-24-9-20-8-23-24)15(18,19)13-21-4-1-5-22-13/h1-6,8-9,25H,7H2. The number of halogens is 4. The summed E-state index contributed by atoms with van der Waals surface area (Å²) in [5, 5.41) is 14.5. The smallest absolute Gasteiger partial charge is 0.340 e. The fourth-order valence-corrected chi connectivity index (χ4v) is 2.37. The molecule has 3 aromatic rings. The van der Waals surface area contributed by atoms with Crippen molar-refractivity contribution in [2.45, 2.75) is 18.1 Å². The monoisotopic (exact) mass is 353 g/mol. The van der Waals surface area contributed by atoms with Crippen LogP contribution in [0.3, 0.4) is 0 Å². The van der Waals surface area contributed by atoms with Gasteiger partial charge in [0.05, 0.1) is 6.54 Å². The van der Waals surface area contributed by atoms with E-state index in [1.54, 1.807) is 0 Å². The minimum absolute atomic E-state index is 0.406. The molecule has 1 unspecified atom stereocenters. The molecule has 10 heteroatoms. The van der Waals surface area contributed by atoms with Crippen LogP contribution in [0.25, 0.3) is 0 Å². The molecule has 0 amide bonds. The van der Waals surface area contributed by atoms with Crippen molar-refractivity contribution >= 4 is 0 Å². The first-order chi connectivity index (χ1) is 11.8. The Morgan fingerprint density at radius 2 is 1.84 bits per heavy atom. The number of benzene rings is 1. The summed E-state index contributed by atoms with van der Waals surface area (Å²) in [7, 11) is 0. The lowest BCUT2D eigenvalue weighted by Crippen LogP contribution is -2.48. The molecule has 1 atom stereocenters. The Bertz CT molecular complexity index is 860.